The molecule has 0 aliphatic carbocycles. The summed E-state index contributed by atoms with van der Waals surface area (Å²) in [6.45, 7) is 6.75. The molecule has 0 aromatic rings. The SMILES string of the molecule is CNC(CN1CCCC1C)C1CCOC1. The van der Waals surface area contributed by atoms with E-state index in [1.807, 2.05) is 0 Å². The van der Waals surface area contributed by atoms with Crippen molar-refractivity contribution in [1.82, 2.24) is 10.2 Å². The molecule has 0 aromatic carbocycles. The van der Waals surface area contributed by atoms with Crippen LogP contribution in [-0.4, -0.2) is 50.3 Å². The molecule has 2 aliphatic heterocycles. The Morgan fingerprint density at radius 2 is 2.33 bits per heavy atom. The molecule has 0 saturated carbocycles. The molecule has 0 amide bonds. The topological polar surface area (TPSA) is 24.5 Å². The Balaban J connectivity index is 1.84. The van der Waals surface area contributed by atoms with Gasteiger partial charge in [0.25, 0.3) is 0 Å². The van der Waals surface area contributed by atoms with Gasteiger partial charge in [-0.2, -0.15) is 0 Å². The molecule has 2 heterocycles. The number of ether oxygens (including phenoxy) is 1. The molecule has 0 spiro atoms. The van der Waals surface area contributed by atoms with Crippen LogP contribution in [0.1, 0.15) is 26.2 Å². The molecule has 3 atom stereocenters. The third kappa shape index (κ3) is 2.71. The van der Waals surface area contributed by atoms with Gasteiger partial charge in [-0.25, -0.2) is 0 Å². The van der Waals surface area contributed by atoms with Crippen molar-refractivity contribution in [2.45, 2.75) is 38.3 Å². The zero-order valence-electron chi connectivity index (χ0n) is 10.0. The first-order valence-electron chi connectivity index (χ1n) is 6.30. The van der Waals surface area contributed by atoms with E-state index in [1.54, 1.807) is 0 Å². The minimum absolute atomic E-state index is 0.619. The quantitative estimate of drug-likeness (QED) is 0.755. The van der Waals surface area contributed by atoms with Crippen LogP contribution in [0.3, 0.4) is 0 Å². The number of nitrogens with one attached hydrogen (secondary N) is 1. The van der Waals surface area contributed by atoms with Crippen LogP contribution in [0.2, 0.25) is 0 Å². The van der Waals surface area contributed by atoms with Gasteiger partial charge in [0.05, 0.1) is 6.61 Å². The summed E-state index contributed by atoms with van der Waals surface area (Å²) >= 11 is 0. The zero-order chi connectivity index (χ0) is 10.7. The van der Waals surface area contributed by atoms with E-state index < -0.39 is 0 Å². The average molecular weight is 212 g/mol. The van der Waals surface area contributed by atoms with E-state index in [2.05, 4.69) is 24.2 Å². The van der Waals surface area contributed by atoms with Crippen molar-refractivity contribution in [2.24, 2.45) is 5.92 Å². The minimum atomic E-state index is 0.619. The van der Waals surface area contributed by atoms with Crippen LogP contribution in [0.25, 0.3) is 0 Å². The monoisotopic (exact) mass is 212 g/mol. The minimum Gasteiger partial charge on any atom is -0.381 e. The van der Waals surface area contributed by atoms with Gasteiger partial charge in [-0.15, -0.1) is 0 Å². The van der Waals surface area contributed by atoms with E-state index in [-0.39, 0.29) is 0 Å². The van der Waals surface area contributed by atoms with Crippen molar-refractivity contribution in [2.75, 3.05) is 33.4 Å². The maximum absolute atomic E-state index is 5.47. The van der Waals surface area contributed by atoms with Gasteiger partial charge in [-0.05, 0) is 39.8 Å². The summed E-state index contributed by atoms with van der Waals surface area (Å²) in [7, 11) is 2.09. The zero-order valence-corrected chi connectivity index (χ0v) is 10.0. The molecule has 2 saturated heterocycles. The highest BCUT2D eigenvalue weighted by atomic mass is 16.5. The van der Waals surface area contributed by atoms with Gasteiger partial charge in [-0.3, -0.25) is 4.90 Å². The van der Waals surface area contributed by atoms with Crippen molar-refractivity contribution >= 4 is 0 Å². The molecule has 0 aromatic heterocycles. The molecule has 2 aliphatic rings. The molecule has 3 heteroatoms. The molecule has 2 rings (SSSR count). The molecule has 0 radical (unpaired) electrons. The number of rotatable bonds is 4. The lowest BCUT2D eigenvalue weighted by molar-refractivity contribution is 0.161. The molecule has 3 unspecified atom stereocenters. The summed E-state index contributed by atoms with van der Waals surface area (Å²) in [5, 5.41) is 3.47. The number of hydrogen-bond donors (Lipinski definition) is 1. The summed E-state index contributed by atoms with van der Waals surface area (Å²) in [5.41, 5.74) is 0. The van der Waals surface area contributed by atoms with Crippen LogP contribution in [-0.2, 0) is 4.74 Å². The normalized spacial score (nSPS) is 34.8. The van der Waals surface area contributed by atoms with E-state index in [9.17, 15) is 0 Å². The summed E-state index contributed by atoms with van der Waals surface area (Å²) in [6.07, 6.45) is 3.98. The smallest absolute Gasteiger partial charge is 0.0510 e. The van der Waals surface area contributed by atoms with E-state index in [1.165, 1.54) is 32.4 Å². The van der Waals surface area contributed by atoms with Crippen molar-refractivity contribution in [3.8, 4) is 0 Å². The van der Waals surface area contributed by atoms with Crippen LogP contribution in [0, 0.1) is 5.92 Å². The van der Waals surface area contributed by atoms with Crippen molar-refractivity contribution < 1.29 is 4.74 Å². The Labute approximate surface area is 93.2 Å². The van der Waals surface area contributed by atoms with Gasteiger partial charge in [0.15, 0.2) is 0 Å². The summed E-state index contributed by atoms with van der Waals surface area (Å²) in [5.74, 6) is 0.725. The third-order valence-electron chi connectivity index (χ3n) is 4.03. The maximum Gasteiger partial charge on any atom is 0.0510 e. The van der Waals surface area contributed by atoms with Gasteiger partial charge in [-0.1, -0.05) is 0 Å². The first-order chi connectivity index (χ1) is 7.31. The maximum atomic E-state index is 5.47. The van der Waals surface area contributed by atoms with Crippen LogP contribution < -0.4 is 5.32 Å². The van der Waals surface area contributed by atoms with Gasteiger partial charge in [0.2, 0.25) is 0 Å². The highest BCUT2D eigenvalue weighted by molar-refractivity contribution is 4.85. The lowest BCUT2D eigenvalue weighted by Crippen LogP contribution is -2.45. The lowest BCUT2D eigenvalue weighted by atomic mass is 9.98. The van der Waals surface area contributed by atoms with E-state index >= 15 is 0 Å². The number of hydrogen-bond acceptors (Lipinski definition) is 3. The fourth-order valence-electron chi connectivity index (χ4n) is 2.86. The molecule has 2 fully saturated rings. The molecule has 88 valence electrons. The second-order valence-electron chi connectivity index (χ2n) is 5.01. The molecule has 0 bridgehead atoms. The highest BCUT2D eigenvalue weighted by Crippen LogP contribution is 2.21. The number of likely N-dealkylation sites (tertiary alicyclic amines) is 1. The molecule has 1 N–H and O–H groups in total. The third-order valence-corrected chi connectivity index (χ3v) is 4.03. The second-order valence-corrected chi connectivity index (χ2v) is 5.01. The fourth-order valence-corrected chi connectivity index (χ4v) is 2.86. The number of likely N-dealkylation sites (N-methyl/N-ethyl adjacent to an activating group) is 1. The lowest BCUT2D eigenvalue weighted by Gasteiger charge is -2.29. The molecule has 15 heavy (non-hydrogen) atoms. The first kappa shape index (κ1) is 11.4. The Hall–Kier alpha value is -0.120. The van der Waals surface area contributed by atoms with Crippen LogP contribution in [0.15, 0.2) is 0 Å². The van der Waals surface area contributed by atoms with Crippen molar-refractivity contribution in [1.29, 1.82) is 0 Å². The predicted molar refractivity (Wildman–Crippen MR) is 62.0 cm³/mol. The summed E-state index contributed by atoms with van der Waals surface area (Å²) < 4.78 is 5.47. The van der Waals surface area contributed by atoms with Gasteiger partial charge < -0.3 is 10.1 Å². The standard InChI is InChI=1S/C12H24N2O/c1-10-4-3-6-14(10)8-12(13-2)11-5-7-15-9-11/h10-13H,3-9H2,1-2H3. The predicted octanol–water partition coefficient (Wildman–Crippen LogP) is 1.10. The fraction of sp³-hybridized carbons (Fsp3) is 1.00. The van der Waals surface area contributed by atoms with Crippen LogP contribution >= 0.6 is 0 Å². The van der Waals surface area contributed by atoms with Crippen molar-refractivity contribution in [3.63, 3.8) is 0 Å². The highest BCUT2D eigenvalue weighted by Gasteiger charge is 2.29. The van der Waals surface area contributed by atoms with E-state index in [0.717, 1.165) is 25.2 Å². The second kappa shape index (κ2) is 5.28. The van der Waals surface area contributed by atoms with Crippen LogP contribution in [0.4, 0.5) is 0 Å². The summed E-state index contributed by atoms with van der Waals surface area (Å²) in [4.78, 5) is 2.62. The van der Waals surface area contributed by atoms with Gasteiger partial charge >= 0.3 is 0 Å². The molecular formula is C12H24N2O. The van der Waals surface area contributed by atoms with E-state index in [4.69, 9.17) is 4.74 Å². The Kier molecular flexibility index (Phi) is 4.00. The summed E-state index contributed by atoms with van der Waals surface area (Å²) in [6, 6.07) is 1.40. The van der Waals surface area contributed by atoms with Crippen LogP contribution in [0.5, 0.6) is 0 Å². The molecule has 3 nitrogen and oxygen atoms in total. The average Bonchev–Trinajstić information content (AvgIpc) is 2.86. The Morgan fingerprint density at radius 3 is 2.87 bits per heavy atom. The van der Waals surface area contributed by atoms with Gasteiger partial charge in [0.1, 0.15) is 0 Å². The Bertz CT molecular complexity index is 192. The molecular weight excluding hydrogens is 188 g/mol. The van der Waals surface area contributed by atoms with Gasteiger partial charge in [0, 0.05) is 31.2 Å². The first-order valence-corrected chi connectivity index (χ1v) is 6.30. The van der Waals surface area contributed by atoms with E-state index in [0.29, 0.717) is 6.04 Å². The largest absolute Gasteiger partial charge is 0.381 e. The van der Waals surface area contributed by atoms with Crippen molar-refractivity contribution in [3.05, 3.63) is 0 Å². The Morgan fingerprint density at radius 1 is 1.47 bits per heavy atom. The number of nitrogens with zero attached hydrogens (tertiary/aromatic N) is 1.